The zero-order valence-corrected chi connectivity index (χ0v) is 9.76. The van der Waals surface area contributed by atoms with Crippen LogP contribution < -0.4 is 16.2 Å². The highest BCUT2D eigenvalue weighted by molar-refractivity contribution is 5.65. The minimum atomic E-state index is 0.517. The Morgan fingerprint density at radius 3 is 2.76 bits per heavy atom. The number of hydrogen-bond acceptors (Lipinski definition) is 4. The Kier molecular flexibility index (Phi) is 3.18. The van der Waals surface area contributed by atoms with Gasteiger partial charge in [0, 0.05) is 12.6 Å². The number of nitrogens with two attached hydrogens (primary N) is 2. The fourth-order valence-corrected chi connectivity index (χ4v) is 1.50. The maximum atomic E-state index is 5.70. The van der Waals surface area contributed by atoms with E-state index in [1.807, 2.05) is 10.9 Å². The number of nitrogens with zero attached hydrogens (tertiary/aromatic N) is 2. The van der Waals surface area contributed by atoms with Crippen molar-refractivity contribution < 1.29 is 4.74 Å². The van der Waals surface area contributed by atoms with E-state index in [2.05, 4.69) is 12.0 Å². The first-order valence-electron chi connectivity index (χ1n) is 5.54. The number of anilines is 2. The van der Waals surface area contributed by atoms with Crippen LogP contribution >= 0.6 is 0 Å². The van der Waals surface area contributed by atoms with Crippen LogP contribution in [0, 0.1) is 0 Å². The zero-order chi connectivity index (χ0) is 12.3. The van der Waals surface area contributed by atoms with Gasteiger partial charge in [0.2, 0.25) is 0 Å². The fraction of sp³-hybridized carbons (Fsp3) is 0.250. The number of aromatic nitrogens is 2. The van der Waals surface area contributed by atoms with Crippen LogP contribution in [0.1, 0.15) is 13.3 Å². The third-order valence-electron chi connectivity index (χ3n) is 2.36. The second kappa shape index (κ2) is 4.78. The standard InChI is InChI=1S/C12H16N4O/c1-2-5-16-8-10(7-15-16)17-9-3-4-11(13)12(14)6-9/h3-4,6-8H,2,5,13-14H2,1H3. The fourth-order valence-electron chi connectivity index (χ4n) is 1.50. The van der Waals surface area contributed by atoms with Crippen LogP contribution in [0.5, 0.6) is 11.5 Å². The van der Waals surface area contributed by atoms with Crippen LogP contribution in [0.4, 0.5) is 11.4 Å². The minimum absolute atomic E-state index is 0.517. The molecule has 1 heterocycles. The molecule has 0 spiro atoms. The third kappa shape index (κ3) is 2.69. The van der Waals surface area contributed by atoms with Crippen LogP contribution in [-0.4, -0.2) is 9.78 Å². The number of rotatable bonds is 4. The lowest BCUT2D eigenvalue weighted by molar-refractivity contribution is 0.481. The van der Waals surface area contributed by atoms with Crippen LogP contribution in [0.3, 0.4) is 0 Å². The second-order valence-corrected chi connectivity index (χ2v) is 3.83. The minimum Gasteiger partial charge on any atom is -0.454 e. The smallest absolute Gasteiger partial charge is 0.165 e. The van der Waals surface area contributed by atoms with Crippen molar-refractivity contribution in [3.8, 4) is 11.5 Å². The van der Waals surface area contributed by atoms with E-state index in [-0.39, 0.29) is 0 Å². The molecule has 2 rings (SSSR count). The lowest BCUT2D eigenvalue weighted by Crippen LogP contribution is -1.95. The van der Waals surface area contributed by atoms with E-state index in [0.29, 0.717) is 22.9 Å². The molecule has 0 aliphatic carbocycles. The molecule has 0 aliphatic heterocycles. The molecule has 0 radical (unpaired) electrons. The van der Waals surface area contributed by atoms with Crippen molar-refractivity contribution >= 4 is 11.4 Å². The first-order valence-corrected chi connectivity index (χ1v) is 5.54. The van der Waals surface area contributed by atoms with Crippen molar-refractivity contribution in [1.82, 2.24) is 9.78 Å². The van der Waals surface area contributed by atoms with Gasteiger partial charge in [0.25, 0.3) is 0 Å². The Labute approximate surface area is 100.0 Å². The molecule has 5 heteroatoms. The average molecular weight is 232 g/mol. The van der Waals surface area contributed by atoms with E-state index in [1.165, 1.54) is 0 Å². The van der Waals surface area contributed by atoms with Crippen molar-refractivity contribution in [1.29, 1.82) is 0 Å². The molecule has 0 saturated heterocycles. The molecule has 0 bridgehead atoms. The zero-order valence-electron chi connectivity index (χ0n) is 9.76. The summed E-state index contributed by atoms with van der Waals surface area (Å²) in [5.74, 6) is 1.36. The molecule has 0 saturated carbocycles. The van der Waals surface area contributed by atoms with Crippen molar-refractivity contribution in [3.05, 3.63) is 30.6 Å². The molecule has 4 N–H and O–H groups in total. The summed E-state index contributed by atoms with van der Waals surface area (Å²) in [6.07, 6.45) is 4.58. The number of benzene rings is 1. The number of ether oxygens (including phenoxy) is 1. The molecule has 1 aromatic heterocycles. The van der Waals surface area contributed by atoms with Gasteiger partial charge in [-0.25, -0.2) is 0 Å². The second-order valence-electron chi connectivity index (χ2n) is 3.83. The summed E-state index contributed by atoms with van der Waals surface area (Å²) in [5, 5.41) is 4.18. The van der Waals surface area contributed by atoms with Gasteiger partial charge in [0.15, 0.2) is 5.75 Å². The predicted molar refractivity (Wildman–Crippen MR) is 67.9 cm³/mol. The van der Waals surface area contributed by atoms with Gasteiger partial charge in [-0.05, 0) is 18.6 Å². The van der Waals surface area contributed by atoms with Crippen LogP contribution in [0.15, 0.2) is 30.6 Å². The van der Waals surface area contributed by atoms with E-state index < -0.39 is 0 Å². The van der Waals surface area contributed by atoms with Crippen LogP contribution in [0.2, 0.25) is 0 Å². The molecule has 5 nitrogen and oxygen atoms in total. The molecule has 0 aliphatic rings. The summed E-state index contributed by atoms with van der Waals surface area (Å²) in [6.45, 7) is 2.98. The molecule has 0 unspecified atom stereocenters. The molecule has 1 aromatic carbocycles. The van der Waals surface area contributed by atoms with E-state index in [0.717, 1.165) is 13.0 Å². The lowest BCUT2D eigenvalue weighted by Gasteiger charge is -2.05. The monoisotopic (exact) mass is 232 g/mol. The highest BCUT2D eigenvalue weighted by Gasteiger charge is 2.02. The Bertz CT molecular complexity index is 507. The highest BCUT2D eigenvalue weighted by atomic mass is 16.5. The first-order chi connectivity index (χ1) is 8.19. The van der Waals surface area contributed by atoms with Crippen LogP contribution in [0.25, 0.3) is 0 Å². The molecular weight excluding hydrogens is 216 g/mol. The molecule has 90 valence electrons. The molecule has 0 fully saturated rings. The number of nitrogen functional groups attached to an aromatic ring is 2. The van der Waals surface area contributed by atoms with E-state index >= 15 is 0 Å². The van der Waals surface area contributed by atoms with Gasteiger partial charge in [0.1, 0.15) is 5.75 Å². The SMILES string of the molecule is CCCn1cc(Oc2ccc(N)c(N)c2)cn1. The quantitative estimate of drug-likeness (QED) is 0.792. The largest absolute Gasteiger partial charge is 0.454 e. The molecular formula is C12H16N4O. The van der Waals surface area contributed by atoms with Gasteiger partial charge >= 0.3 is 0 Å². The van der Waals surface area contributed by atoms with Gasteiger partial charge in [-0.2, -0.15) is 5.10 Å². The lowest BCUT2D eigenvalue weighted by atomic mass is 10.2. The van der Waals surface area contributed by atoms with Gasteiger partial charge in [-0.1, -0.05) is 6.92 Å². The summed E-state index contributed by atoms with van der Waals surface area (Å²) in [4.78, 5) is 0. The summed E-state index contributed by atoms with van der Waals surface area (Å²) in [7, 11) is 0. The Morgan fingerprint density at radius 1 is 1.24 bits per heavy atom. The van der Waals surface area contributed by atoms with Crippen molar-refractivity contribution in [2.75, 3.05) is 11.5 Å². The van der Waals surface area contributed by atoms with Gasteiger partial charge in [0.05, 0.1) is 23.8 Å². The van der Waals surface area contributed by atoms with E-state index in [9.17, 15) is 0 Å². The number of aryl methyl sites for hydroxylation is 1. The van der Waals surface area contributed by atoms with Crippen molar-refractivity contribution in [3.63, 3.8) is 0 Å². The van der Waals surface area contributed by atoms with Crippen molar-refractivity contribution in [2.45, 2.75) is 19.9 Å². The molecule has 0 atom stereocenters. The maximum Gasteiger partial charge on any atom is 0.165 e. The number of hydrogen-bond donors (Lipinski definition) is 2. The molecule has 0 amide bonds. The van der Waals surface area contributed by atoms with Gasteiger partial charge in [-0.15, -0.1) is 0 Å². The summed E-state index contributed by atoms with van der Waals surface area (Å²) in [6, 6.07) is 5.20. The summed E-state index contributed by atoms with van der Waals surface area (Å²) in [5.41, 5.74) is 12.4. The van der Waals surface area contributed by atoms with Gasteiger partial charge in [-0.3, -0.25) is 4.68 Å². The van der Waals surface area contributed by atoms with E-state index in [1.54, 1.807) is 24.4 Å². The molecule has 17 heavy (non-hydrogen) atoms. The Hall–Kier alpha value is -2.17. The topological polar surface area (TPSA) is 79.1 Å². The van der Waals surface area contributed by atoms with Crippen LogP contribution in [-0.2, 0) is 6.54 Å². The van der Waals surface area contributed by atoms with Gasteiger partial charge < -0.3 is 16.2 Å². The molecule has 2 aromatic rings. The Balaban J connectivity index is 2.11. The van der Waals surface area contributed by atoms with Crippen molar-refractivity contribution in [2.24, 2.45) is 0 Å². The van der Waals surface area contributed by atoms with E-state index in [4.69, 9.17) is 16.2 Å². The Morgan fingerprint density at radius 2 is 2.06 bits per heavy atom. The highest BCUT2D eigenvalue weighted by Crippen LogP contribution is 2.25. The predicted octanol–water partition coefficient (Wildman–Crippen LogP) is 2.25. The maximum absolute atomic E-state index is 5.70. The first kappa shape index (κ1) is 11.3. The summed E-state index contributed by atoms with van der Waals surface area (Å²) >= 11 is 0. The normalized spacial score (nSPS) is 10.4. The third-order valence-corrected chi connectivity index (χ3v) is 2.36. The average Bonchev–Trinajstić information content (AvgIpc) is 2.72. The summed E-state index contributed by atoms with van der Waals surface area (Å²) < 4.78 is 7.47.